The van der Waals surface area contributed by atoms with Crippen LogP contribution in [0, 0.1) is 6.92 Å². The van der Waals surface area contributed by atoms with Crippen molar-refractivity contribution in [3.05, 3.63) is 44.8 Å². The van der Waals surface area contributed by atoms with Crippen LogP contribution in [0.3, 0.4) is 0 Å². The van der Waals surface area contributed by atoms with Gasteiger partial charge in [-0.1, -0.05) is 29.3 Å². The normalized spacial score (nSPS) is 10.2. The Morgan fingerprint density at radius 2 is 1.90 bits per heavy atom. The monoisotopic (exact) mass is 344 g/mol. The van der Waals surface area contributed by atoms with Crippen molar-refractivity contribution in [3.63, 3.8) is 0 Å². The molecule has 2 amide bonds. The van der Waals surface area contributed by atoms with Crippen molar-refractivity contribution >= 4 is 57.2 Å². The lowest BCUT2D eigenvalue weighted by Crippen LogP contribution is -2.20. The van der Waals surface area contributed by atoms with E-state index < -0.39 is 12.0 Å². The lowest BCUT2D eigenvalue weighted by Gasteiger charge is -2.11. The summed E-state index contributed by atoms with van der Waals surface area (Å²) in [5.41, 5.74) is 1.07. The first-order chi connectivity index (χ1) is 9.90. The van der Waals surface area contributed by atoms with Crippen LogP contribution in [-0.2, 0) is 0 Å². The molecule has 1 aromatic carbocycles. The van der Waals surface area contributed by atoms with E-state index >= 15 is 0 Å². The van der Waals surface area contributed by atoms with Gasteiger partial charge in [0.25, 0.3) is 0 Å². The molecule has 21 heavy (non-hydrogen) atoms. The van der Waals surface area contributed by atoms with Crippen molar-refractivity contribution in [1.29, 1.82) is 0 Å². The van der Waals surface area contributed by atoms with Crippen LogP contribution in [0.2, 0.25) is 10.0 Å². The number of amides is 2. The molecule has 0 aliphatic heterocycles. The number of benzene rings is 1. The number of rotatable bonds is 3. The highest BCUT2D eigenvalue weighted by Crippen LogP contribution is 2.33. The topological polar surface area (TPSA) is 78.4 Å². The average Bonchev–Trinajstić information content (AvgIpc) is 2.87. The van der Waals surface area contributed by atoms with Crippen LogP contribution in [0.25, 0.3) is 0 Å². The third kappa shape index (κ3) is 3.47. The molecule has 0 saturated carbocycles. The van der Waals surface area contributed by atoms with Gasteiger partial charge in [-0.3, -0.25) is 5.32 Å². The van der Waals surface area contributed by atoms with Crippen LogP contribution >= 0.6 is 34.5 Å². The summed E-state index contributed by atoms with van der Waals surface area (Å²) in [6.45, 7) is 1.78. The minimum atomic E-state index is -1.11. The van der Waals surface area contributed by atoms with Gasteiger partial charge in [-0.25, -0.2) is 9.59 Å². The highest BCUT2D eigenvalue weighted by atomic mass is 35.5. The second-order valence-electron chi connectivity index (χ2n) is 4.10. The maximum Gasteiger partial charge on any atom is 0.338 e. The number of aromatic carboxylic acids is 1. The van der Waals surface area contributed by atoms with Crippen LogP contribution in [0.1, 0.15) is 15.9 Å². The Morgan fingerprint density at radius 1 is 1.19 bits per heavy atom. The first kappa shape index (κ1) is 15.6. The second kappa shape index (κ2) is 6.34. The zero-order valence-electron chi connectivity index (χ0n) is 10.7. The maximum absolute atomic E-state index is 11.9. The number of hydrogen-bond acceptors (Lipinski definition) is 3. The fourth-order valence-corrected chi connectivity index (χ4v) is 2.83. The lowest BCUT2D eigenvalue weighted by molar-refractivity contribution is 0.0698. The van der Waals surface area contributed by atoms with Crippen LogP contribution in [0.15, 0.2) is 23.6 Å². The first-order valence-corrected chi connectivity index (χ1v) is 7.37. The van der Waals surface area contributed by atoms with Crippen molar-refractivity contribution in [2.24, 2.45) is 0 Å². The minimum Gasteiger partial charge on any atom is -0.478 e. The zero-order valence-corrected chi connectivity index (χ0v) is 13.1. The molecule has 1 heterocycles. The Morgan fingerprint density at radius 3 is 2.57 bits per heavy atom. The number of halogens is 2. The largest absolute Gasteiger partial charge is 0.478 e. The van der Waals surface area contributed by atoms with Gasteiger partial charge in [0.2, 0.25) is 0 Å². The third-order valence-electron chi connectivity index (χ3n) is 2.65. The van der Waals surface area contributed by atoms with E-state index in [2.05, 4.69) is 10.6 Å². The molecule has 110 valence electrons. The van der Waals surface area contributed by atoms with Gasteiger partial charge < -0.3 is 10.4 Å². The van der Waals surface area contributed by atoms with Crippen LogP contribution in [-0.4, -0.2) is 17.1 Å². The van der Waals surface area contributed by atoms with Gasteiger partial charge in [0.1, 0.15) is 5.00 Å². The van der Waals surface area contributed by atoms with Gasteiger partial charge in [-0.05, 0) is 30.0 Å². The molecule has 0 radical (unpaired) electrons. The van der Waals surface area contributed by atoms with E-state index in [-0.39, 0.29) is 16.3 Å². The number of hydrogen-bond donors (Lipinski definition) is 3. The van der Waals surface area contributed by atoms with E-state index in [0.717, 1.165) is 16.9 Å². The van der Waals surface area contributed by atoms with Crippen molar-refractivity contribution < 1.29 is 14.7 Å². The molecule has 3 N–H and O–H groups in total. The van der Waals surface area contributed by atoms with Gasteiger partial charge in [-0.15, -0.1) is 11.3 Å². The molecule has 0 spiro atoms. The van der Waals surface area contributed by atoms with Crippen molar-refractivity contribution in [2.75, 3.05) is 10.6 Å². The predicted octanol–water partition coefficient (Wildman–Crippen LogP) is 4.71. The molecule has 5 nitrogen and oxygen atoms in total. The number of carboxylic acids is 1. The number of anilines is 2. The number of nitrogens with one attached hydrogen (secondary N) is 2. The number of urea groups is 1. The van der Waals surface area contributed by atoms with Crippen molar-refractivity contribution in [2.45, 2.75) is 6.92 Å². The molecule has 0 aliphatic rings. The maximum atomic E-state index is 11.9. The molecular weight excluding hydrogens is 335 g/mol. The molecule has 0 unspecified atom stereocenters. The molecule has 0 aliphatic carbocycles. The van der Waals surface area contributed by atoms with Gasteiger partial charge in [0, 0.05) is 0 Å². The summed E-state index contributed by atoms with van der Waals surface area (Å²) < 4.78 is 0. The zero-order chi connectivity index (χ0) is 15.6. The summed E-state index contributed by atoms with van der Waals surface area (Å²) in [5.74, 6) is -1.11. The Bertz CT molecular complexity index is 715. The highest BCUT2D eigenvalue weighted by molar-refractivity contribution is 7.14. The molecule has 2 rings (SSSR count). The Balaban J connectivity index is 2.18. The van der Waals surface area contributed by atoms with Gasteiger partial charge >= 0.3 is 12.0 Å². The first-order valence-electron chi connectivity index (χ1n) is 5.73. The smallest absolute Gasteiger partial charge is 0.338 e. The summed E-state index contributed by atoms with van der Waals surface area (Å²) in [7, 11) is 0. The van der Waals surface area contributed by atoms with Crippen molar-refractivity contribution in [3.8, 4) is 0 Å². The van der Waals surface area contributed by atoms with Crippen LogP contribution < -0.4 is 10.6 Å². The van der Waals surface area contributed by atoms with Crippen LogP contribution in [0.5, 0.6) is 0 Å². The standard InChI is InChI=1S/C13H10Cl2N2O3S/c1-6-2-3-8(14)10(9(6)15)16-13(20)17-11-7(12(18)19)4-5-21-11/h2-5H,1H3,(H,18,19)(H2,16,17,20). The quantitative estimate of drug-likeness (QED) is 0.754. The second-order valence-corrected chi connectivity index (χ2v) is 5.80. The highest BCUT2D eigenvalue weighted by Gasteiger charge is 2.16. The third-order valence-corrected chi connectivity index (χ3v) is 4.28. The number of aryl methyl sites for hydroxylation is 1. The summed E-state index contributed by atoms with van der Waals surface area (Å²) in [5, 5.41) is 16.4. The number of carbonyl (C=O) groups excluding carboxylic acids is 1. The SMILES string of the molecule is Cc1ccc(Cl)c(NC(=O)Nc2sccc2C(=O)O)c1Cl. The summed E-state index contributed by atoms with van der Waals surface area (Å²) in [6.07, 6.45) is 0. The Kier molecular flexibility index (Phi) is 4.72. The Hall–Kier alpha value is -1.76. The summed E-state index contributed by atoms with van der Waals surface area (Å²) in [4.78, 5) is 22.9. The molecule has 0 bridgehead atoms. The van der Waals surface area contributed by atoms with E-state index in [4.69, 9.17) is 28.3 Å². The Labute approximate surface area is 134 Å². The van der Waals surface area contributed by atoms with E-state index in [1.54, 1.807) is 24.4 Å². The average molecular weight is 345 g/mol. The van der Waals surface area contributed by atoms with E-state index in [9.17, 15) is 9.59 Å². The number of carbonyl (C=O) groups is 2. The van der Waals surface area contributed by atoms with Crippen LogP contribution in [0.4, 0.5) is 15.5 Å². The number of thiophene rings is 1. The van der Waals surface area contributed by atoms with Gasteiger partial charge in [0.05, 0.1) is 21.3 Å². The fourth-order valence-electron chi connectivity index (χ4n) is 1.59. The summed E-state index contributed by atoms with van der Waals surface area (Å²) in [6, 6.07) is 4.14. The molecule has 2 aromatic rings. The van der Waals surface area contributed by atoms with E-state index in [1.165, 1.54) is 6.07 Å². The fraction of sp³-hybridized carbons (Fsp3) is 0.0769. The summed E-state index contributed by atoms with van der Waals surface area (Å²) >= 11 is 13.2. The predicted molar refractivity (Wildman–Crippen MR) is 85.1 cm³/mol. The molecule has 0 atom stereocenters. The van der Waals surface area contributed by atoms with Gasteiger partial charge in [-0.2, -0.15) is 0 Å². The van der Waals surface area contributed by atoms with Gasteiger partial charge in [0.15, 0.2) is 0 Å². The van der Waals surface area contributed by atoms with Crippen molar-refractivity contribution in [1.82, 2.24) is 0 Å². The minimum absolute atomic E-state index is 0.0246. The molecule has 0 fully saturated rings. The molecule has 0 saturated heterocycles. The molecular formula is C13H10Cl2N2O3S. The van der Waals surface area contributed by atoms with E-state index in [1.807, 2.05) is 0 Å². The molecule has 8 heteroatoms. The molecule has 1 aromatic heterocycles. The lowest BCUT2D eigenvalue weighted by atomic mass is 10.2. The van der Waals surface area contributed by atoms with E-state index in [0.29, 0.717) is 10.0 Å². The number of carboxylic acid groups (broad SMARTS) is 1.